The van der Waals surface area contributed by atoms with E-state index in [4.69, 9.17) is 0 Å². The zero-order valence-electron chi connectivity index (χ0n) is 10.8. The number of H-pyrrole nitrogens is 1. The highest BCUT2D eigenvalue weighted by Gasteiger charge is 2.07. The van der Waals surface area contributed by atoms with Crippen LogP contribution in [0.5, 0.6) is 0 Å². The fourth-order valence-corrected chi connectivity index (χ4v) is 2.37. The van der Waals surface area contributed by atoms with Gasteiger partial charge in [-0.3, -0.25) is 4.79 Å². The molecule has 0 saturated heterocycles. The summed E-state index contributed by atoms with van der Waals surface area (Å²) in [6.45, 7) is 6.35. The van der Waals surface area contributed by atoms with Crippen LogP contribution in [0, 0.1) is 6.92 Å². The Kier molecular flexibility index (Phi) is 2.30. The van der Waals surface area contributed by atoms with Gasteiger partial charge in [0.1, 0.15) is 5.52 Å². The Morgan fingerprint density at radius 3 is 2.67 bits per heavy atom. The maximum atomic E-state index is 11.9. The van der Waals surface area contributed by atoms with Crippen molar-refractivity contribution in [1.29, 1.82) is 0 Å². The average Bonchev–Trinajstić information content (AvgIpc) is 2.71. The van der Waals surface area contributed by atoms with Crippen LogP contribution >= 0.6 is 0 Å². The lowest BCUT2D eigenvalue weighted by atomic mass is 10.0. The number of nitrogens with one attached hydrogen (secondary N) is 1. The van der Waals surface area contributed by atoms with Crippen molar-refractivity contribution in [2.24, 2.45) is 0 Å². The van der Waals surface area contributed by atoms with Gasteiger partial charge in [-0.05, 0) is 42.2 Å². The smallest absolute Gasteiger partial charge is 0.272 e. The van der Waals surface area contributed by atoms with E-state index in [1.165, 1.54) is 5.56 Å². The van der Waals surface area contributed by atoms with Gasteiger partial charge in [-0.15, -0.1) is 0 Å². The van der Waals surface area contributed by atoms with E-state index in [9.17, 15) is 4.79 Å². The number of fused-ring (bicyclic) bond motifs is 3. The molecule has 3 heteroatoms. The Morgan fingerprint density at radius 2 is 1.94 bits per heavy atom. The highest BCUT2D eigenvalue weighted by atomic mass is 16.1. The molecule has 2 aromatic heterocycles. The van der Waals surface area contributed by atoms with E-state index in [1.807, 2.05) is 29.7 Å². The first kappa shape index (κ1) is 11.1. The molecule has 0 atom stereocenters. The summed E-state index contributed by atoms with van der Waals surface area (Å²) in [6.07, 6.45) is 2.01. The number of benzene rings is 1. The van der Waals surface area contributed by atoms with Crippen molar-refractivity contribution in [3.8, 4) is 0 Å². The molecule has 0 unspecified atom stereocenters. The van der Waals surface area contributed by atoms with Crippen LogP contribution in [0.3, 0.4) is 0 Å². The first-order valence-corrected chi connectivity index (χ1v) is 6.21. The highest BCUT2D eigenvalue weighted by Crippen LogP contribution is 2.21. The lowest BCUT2D eigenvalue weighted by Crippen LogP contribution is -2.09. The number of hydrogen-bond acceptors (Lipinski definition) is 1. The summed E-state index contributed by atoms with van der Waals surface area (Å²) in [7, 11) is 0. The molecule has 0 saturated carbocycles. The molecule has 0 radical (unpaired) electrons. The zero-order chi connectivity index (χ0) is 12.9. The minimum absolute atomic E-state index is 0.0344. The van der Waals surface area contributed by atoms with E-state index < -0.39 is 0 Å². The van der Waals surface area contributed by atoms with Crippen LogP contribution < -0.4 is 5.56 Å². The summed E-state index contributed by atoms with van der Waals surface area (Å²) in [4.78, 5) is 14.9. The number of hydrogen-bond donors (Lipinski definition) is 1. The summed E-state index contributed by atoms with van der Waals surface area (Å²) in [6, 6.07) is 8.13. The van der Waals surface area contributed by atoms with E-state index in [1.54, 1.807) is 0 Å². The topological polar surface area (TPSA) is 37.3 Å². The molecule has 3 rings (SSSR count). The average molecular weight is 240 g/mol. The molecule has 0 aliphatic rings. The third-order valence-electron chi connectivity index (χ3n) is 3.39. The fourth-order valence-electron chi connectivity index (χ4n) is 2.37. The highest BCUT2D eigenvalue weighted by molar-refractivity contribution is 5.79. The quantitative estimate of drug-likeness (QED) is 0.696. The van der Waals surface area contributed by atoms with Crippen molar-refractivity contribution in [2.45, 2.75) is 26.7 Å². The number of nitrogens with zero attached hydrogens (tertiary/aromatic N) is 1. The second kappa shape index (κ2) is 3.73. The first-order valence-electron chi connectivity index (χ1n) is 6.21. The van der Waals surface area contributed by atoms with E-state index in [0.717, 1.165) is 16.6 Å². The molecule has 1 N–H and O–H groups in total. The van der Waals surface area contributed by atoms with Crippen LogP contribution in [0.4, 0.5) is 0 Å². The molecular formula is C15H16N2O. The van der Waals surface area contributed by atoms with Gasteiger partial charge in [0.25, 0.3) is 5.56 Å². The van der Waals surface area contributed by atoms with Gasteiger partial charge in [0, 0.05) is 6.20 Å². The maximum Gasteiger partial charge on any atom is 0.272 e. The minimum Gasteiger partial charge on any atom is -0.319 e. The normalized spacial score (nSPS) is 11.8. The van der Waals surface area contributed by atoms with Gasteiger partial charge in [0.2, 0.25) is 0 Å². The van der Waals surface area contributed by atoms with Crippen molar-refractivity contribution >= 4 is 16.6 Å². The lowest BCUT2D eigenvalue weighted by molar-refractivity contribution is 0.867. The number of aromatic amines is 1. The van der Waals surface area contributed by atoms with Crippen molar-refractivity contribution < 1.29 is 0 Å². The summed E-state index contributed by atoms with van der Waals surface area (Å²) in [5.41, 5.74) is 5.00. The Bertz CT molecular complexity index is 793. The van der Waals surface area contributed by atoms with Gasteiger partial charge in [0.15, 0.2) is 0 Å². The lowest BCUT2D eigenvalue weighted by Gasteiger charge is -2.08. The largest absolute Gasteiger partial charge is 0.319 e. The molecule has 92 valence electrons. The van der Waals surface area contributed by atoms with Gasteiger partial charge < -0.3 is 9.38 Å². The molecule has 0 aliphatic carbocycles. The van der Waals surface area contributed by atoms with E-state index >= 15 is 0 Å². The molecule has 0 bridgehead atoms. The van der Waals surface area contributed by atoms with Gasteiger partial charge in [-0.25, -0.2) is 0 Å². The Morgan fingerprint density at radius 1 is 1.17 bits per heavy atom. The van der Waals surface area contributed by atoms with Crippen LogP contribution in [0.1, 0.15) is 30.9 Å². The third kappa shape index (κ3) is 1.55. The van der Waals surface area contributed by atoms with Gasteiger partial charge in [0.05, 0.1) is 11.0 Å². The monoisotopic (exact) mass is 240 g/mol. The van der Waals surface area contributed by atoms with Gasteiger partial charge in [-0.1, -0.05) is 19.9 Å². The van der Waals surface area contributed by atoms with Crippen molar-refractivity contribution in [2.75, 3.05) is 0 Å². The molecule has 18 heavy (non-hydrogen) atoms. The molecule has 1 aromatic carbocycles. The SMILES string of the molecule is Cc1cc2c(=O)[nH]c3ccc(C(C)C)cc3n2c1. The molecular weight excluding hydrogens is 224 g/mol. The van der Waals surface area contributed by atoms with Gasteiger partial charge >= 0.3 is 0 Å². The molecule has 2 heterocycles. The zero-order valence-corrected chi connectivity index (χ0v) is 10.8. The van der Waals surface area contributed by atoms with Crippen molar-refractivity contribution in [3.05, 3.63) is 51.9 Å². The molecule has 3 nitrogen and oxygen atoms in total. The second-order valence-corrected chi connectivity index (χ2v) is 5.16. The summed E-state index contributed by atoms with van der Waals surface area (Å²) in [5.74, 6) is 0.480. The third-order valence-corrected chi connectivity index (χ3v) is 3.39. The van der Waals surface area contributed by atoms with Gasteiger partial charge in [-0.2, -0.15) is 0 Å². The van der Waals surface area contributed by atoms with Crippen LogP contribution in [-0.4, -0.2) is 9.38 Å². The van der Waals surface area contributed by atoms with E-state index in [2.05, 4.69) is 31.0 Å². The van der Waals surface area contributed by atoms with Crippen LogP contribution in [0.2, 0.25) is 0 Å². The summed E-state index contributed by atoms with van der Waals surface area (Å²) >= 11 is 0. The van der Waals surface area contributed by atoms with Crippen molar-refractivity contribution in [3.63, 3.8) is 0 Å². The Balaban J connectivity index is 2.49. The maximum absolute atomic E-state index is 11.9. The fraction of sp³-hybridized carbons (Fsp3) is 0.267. The standard InChI is InChI=1S/C15H16N2O/c1-9(2)11-4-5-12-13(7-11)17-8-10(3)6-14(17)15(18)16-12/h4-9H,1-3H3,(H,16,18). The summed E-state index contributed by atoms with van der Waals surface area (Å²) in [5, 5.41) is 0. The molecule has 0 fully saturated rings. The number of aryl methyl sites for hydroxylation is 1. The van der Waals surface area contributed by atoms with Crippen molar-refractivity contribution in [1.82, 2.24) is 9.38 Å². The van der Waals surface area contributed by atoms with Crippen LogP contribution in [0.25, 0.3) is 16.6 Å². The molecule has 0 amide bonds. The first-order chi connectivity index (χ1) is 8.56. The minimum atomic E-state index is -0.0344. The summed E-state index contributed by atoms with van der Waals surface area (Å²) < 4.78 is 1.98. The van der Waals surface area contributed by atoms with Crippen LogP contribution in [0.15, 0.2) is 35.3 Å². The second-order valence-electron chi connectivity index (χ2n) is 5.16. The Hall–Kier alpha value is -2.03. The molecule has 0 spiro atoms. The predicted molar refractivity (Wildman–Crippen MR) is 74.3 cm³/mol. The molecule has 3 aromatic rings. The number of aromatic nitrogens is 2. The molecule has 0 aliphatic heterocycles. The van der Waals surface area contributed by atoms with E-state index in [0.29, 0.717) is 11.4 Å². The van der Waals surface area contributed by atoms with E-state index in [-0.39, 0.29) is 5.56 Å². The Labute approximate surface area is 105 Å². The van der Waals surface area contributed by atoms with Crippen LogP contribution in [-0.2, 0) is 0 Å². The predicted octanol–water partition coefficient (Wildman–Crippen LogP) is 3.21. The number of rotatable bonds is 1.